The highest BCUT2D eigenvalue weighted by Gasteiger charge is 2.48. The molecule has 2 unspecified atom stereocenters. The number of nitrogens with one attached hydrogen (secondary N) is 1. The average Bonchev–Trinajstić information content (AvgIpc) is 2.87. The lowest BCUT2D eigenvalue weighted by Crippen LogP contribution is -2.40. The van der Waals surface area contributed by atoms with Crippen LogP contribution in [0.25, 0.3) is 0 Å². The topological polar surface area (TPSA) is 29.1 Å². The van der Waals surface area contributed by atoms with Crippen molar-refractivity contribution in [2.75, 3.05) is 11.5 Å². The molecular formula is C12H19NOS. The highest BCUT2D eigenvalue weighted by Crippen LogP contribution is 2.54. The lowest BCUT2D eigenvalue weighted by atomic mass is 10.0. The zero-order chi connectivity index (χ0) is 10.3. The molecule has 1 saturated heterocycles. The number of amides is 1. The molecule has 1 heterocycles. The van der Waals surface area contributed by atoms with Crippen molar-refractivity contribution in [1.82, 2.24) is 5.32 Å². The molecule has 3 rings (SSSR count). The Morgan fingerprint density at radius 3 is 2.40 bits per heavy atom. The number of rotatable bonds is 2. The molecule has 0 spiro atoms. The van der Waals surface area contributed by atoms with Gasteiger partial charge in [0.2, 0.25) is 5.91 Å². The van der Waals surface area contributed by atoms with Crippen LogP contribution in [-0.4, -0.2) is 23.5 Å². The first-order valence-corrected chi connectivity index (χ1v) is 7.36. The minimum Gasteiger partial charge on any atom is -0.353 e. The minimum atomic E-state index is 0.360. The van der Waals surface area contributed by atoms with Crippen molar-refractivity contribution in [1.29, 1.82) is 0 Å². The Hall–Kier alpha value is -0.180. The van der Waals surface area contributed by atoms with E-state index in [2.05, 4.69) is 5.32 Å². The molecule has 3 fully saturated rings. The fourth-order valence-corrected chi connectivity index (χ4v) is 4.20. The quantitative estimate of drug-likeness (QED) is 0.779. The third kappa shape index (κ3) is 2.17. The molecule has 15 heavy (non-hydrogen) atoms. The Labute approximate surface area is 95.6 Å². The maximum atomic E-state index is 12.0. The lowest BCUT2D eigenvalue weighted by molar-refractivity contribution is -0.125. The molecule has 3 aliphatic rings. The van der Waals surface area contributed by atoms with Gasteiger partial charge in [-0.2, -0.15) is 11.8 Å². The van der Waals surface area contributed by atoms with Crippen LogP contribution in [0.3, 0.4) is 0 Å². The zero-order valence-electron chi connectivity index (χ0n) is 9.08. The first kappa shape index (κ1) is 10.0. The number of thioether (sulfide) groups is 1. The number of hydrogen-bond acceptors (Lipinski definition) is 2. The summed E-state index contributed by atoms with van der Waals surface area (Å²) in [6, 6.07) is 0.482. The molecule has 3 heteroatoms. The van der Waals surface area contributed by atoms with E-state index in [1.54, 1.807) is 0 Å². The van der Waals surface area contributed by atoms with Crippen LogP contribution in [0.4, 0.5) is 0 Å². The van der Waals surface area contributed by atoms with E-state index in [0.29, 0.717) is 17.9 Å². The van der Waals surface area contributed by atoms with Crippen molar-refractivity contribution in [3.05, 3.63) is 0 Å². The molecule has 0 aromatic heterocycles. The maximum absolute atomic E-state index is 12.0. The van der Waals surface area contributed by atoms with Gasteiger partial charge in [0.25, 0.3) is 0 Å². The summed E-state index contributed by atoms with van der Waals surface area (Å²) in [6.07, 6.45) is 6.12. The van der Waals surface area contributed by atoms with Crippen LogP contribution in [0, 0.1) is 17.8 Å². The van der Waals surface area contributed by atoms with E-state index in [0.717, 1.165) is 11.8 Å². The molecule has 2 saturated carbocycles. The van der Waals surface area contributed by atoms with Gasteiger partial charge in [-0.3, -0.25) is 4.79 Å². The second kappa shape index (κ2) is 4.00. The van der Waals surface area contributed by atoms with Crippen LogP contribution in [-0.2, 0) is 4.79 Å². The van der Waals surface area contributed by atoms with Gasteiger partial charge in [-0.1, -0.05) is 0 Å². The number of fused-ring (bicyclic) bond motifs is 1. The smallest absolute Gasteiger partial charge is 0.223 e. The van der Waals surface area contributed by atoms with Gasteiger partial charge in [-0.15, -0.1) is 0 Å². The van der Waals surface area contributed by atoms with E-state index in [-0.39, 0.29) is 0 Å². The monoisotopic (exact) mass is 225 g/mol. The van der Waals surface area contributed by atoms with Gasteiger partial charge < -0.3 is 5.32 Å². The van der Waals surface area contributed by atoms with Gasteiger partial charge >= 0.3 is 0 Å². The van der Waals surface area contributed by atoms with E-state index < -0.39 is 0 Å². The van der Waals surface area contributed by atoms with Gasteiger partial charge in [0.15, 0.2) is 0 Å². The van der Waals surface area contributed by atoms with E-state index in [1.165, 1.54) is 43.6 Å². The van der Waals surface area contributed by atoms with Gasteiger partial charge in [-0.05, 0) is 55.4 Å². The summed E-state index contributed by atoms with van der Waals surface area (Å²) in [5.74, 6) is 5.01. The summed E-state index contributed by atoms with van der Waals surface area (Å²) in [6.45, 7) is 0. The van der Waals surface area contributed by atoms with Crippen molar-refractivity contribution in [2.45, 2.75) is 38.1 Å². The lowest BCUT2D eigenvalue weighted by Gasteiger charge is -2.24. The van der Waals surface area contributed by atoms with E-state index in [9.17, 15) is 4.79 Å². The molecule has 2 aliphatic carbocycles. The van der Waals surface area contributed by atoms with Crippen LogP contribution in [0.5, 0.6) is 0 Å². The minimum absolute atomic E-state index is 0.360. The van der Waals surface area contributed by atoms with Crippen molar-refractivity contribution < 1.29 is 4.79 Å². The van der Waals surface area contributed by atoms with Crippen LogP contribution >= 0.6 is 11.8 Å². The Balaban J connectivity index is 1.47. The highest BCUT2D eigenvalue weighted by molar-refractivity contribution is 7.99. The predicted molar refractivity (Wildman–Crippen MR) is 62.8 cm³/mol. The zero-order valence-corrected chi connectivity index (χ0v) is 9.89. The standard InChI is InChI=1S/C12H19NOS/c14-12(10-6-8-5-9(8)7-10)13-11-1-3-15-4-2-11/h8-11H,1-7H2,(H,13,14). The van der Waals surface area contributed by atoms with Crippen molar-refractivity contribution in [3.8, 4) is 0 Å². The molecule has 1 N–H and O–H groups in total. The Morgan fingerprint density at radius 2 is 1.73 bits per heavy atom. The Morgan fingerprint density at radius 1 is 1.07 bits per heavy atom. The second-order valence-electron chi connectivity index (χ2n) is 5.32. The summed E-state index contributed by atoms with van der Waals surface area (Å²) >= 11 is 2.01. The molecule has 1 amide bonds. The molecule has 1 aliphatic heterocycles. The van der Waals surface area contributed by atoms with Gasteiger partial charge in [0, 0.05) is 12.0 Å². The molecule has 0 aromatic rings. The highest BCUT2D eigenvalue weighted by atomic mass is 32.2. The van der Waals surface area contributed by atoms with Crippen LogP contribution < -0.4 is 5.32 Å². The Bertz CT molecular complexity index is 252. The predicted octanol–water partition coefficient (Wildman–Crippen LogP) is 2.04. The molecule has 0 bridgehead atoms. The normalized spacial score (nSPS) is 39.9. The van der Waals surface area contributed by atoms with Gasteiger partial charge in [0.1, 0.15) is 0 Å². The summed E-state index contributed by atoms with van der Waals surface area (Å²) < 4.78 is 0. The first-order chi connectivity index (χ1) is 7.33. The molecule has 2 atom stereocenters. The van der Waals surface area contributed by atoms with Crippen LogP contribution in [0.1, 0.15) is 32.1 Å². The Kier molecular flexibility index (Phi) is 2.67. The average molecular weight is 225 g/mol. The molecule has 0 radical (unpaired) electrons. The number of carbonyl (C=O) groups excluding carboxylic acids is 1. The molecular weight excluding hydrogens is 206 g/mol. The summed E-state index contributed by atoms with van der Waals surface area (Å²) in [7, 11) is 0. The van der Waals surface area contributed by atoms with E-state index >= 15 is 0 Å². The van der Waals surface area contributed by atoms with Crippen molar-refractivity contribution >= 4 is 17.7 Å². The number of carbonyl (C=O) groups is 1. The number of hydrogen-bond donors (Lipinski definition) is 1. The molecule has 84 valence electrons. The van der Waals surface area contributed by atoms with Crippen LogP contribution in [0.15, 0.2) is 0 Å². The summed E-state index contributed by atoms with van der Waals surface area (Å²) in [4.78, 5) is 12.0. The third-order valence-corrected chi connectivity index (χ3v) is 5.23. The fourth-order valence-electron chi connectivity index (χ4n) is 3.09. The van der Waals surface area contributed by atoms with Crippen molar-refractivity contribution in [3.63, 3.8) is 0 Å². The van der Waals surface area contributed by atoms with Gasteiger partial charge in [-0.25, -0.2) is 0 Å². The third-order valence-electron chi connectivity index (χ3n) is 4.18. The van der Waals surface area contributed by atoms with Crippen LogP contribution in [0.2, 0.25) is 0 Å². The first-order valence-electron chi connectivity index (χ1n) is 6.21. The second-order valence-corrected chi connectivity index (χ2v) is 6.54. The van der Waals surface area contributed by atoms with E-state index in [1.807, 2.05) is 11.8 Å². The summed E-state index contributed by atoms with van der Waals surface area (Å²) in [5, 5.41) is 3.25. The SMILES string of the molecule is O=C(NC1CCSCC1)C1CC2CC2C1. The molecule has 2 nitrogen and oxygen atoms in total. The summed E-state index contributed by atoms with van der Waals surface area (Å²) in [5.41, 5.74) is 0. The van der Waals surface area contributed by atoms with Crippen molar-refractivity contribution in [2.24, 2.45) is 17.8 Å². The largest absolute Gasteiger partial charge is 0.353 e. The van der Waals surface area contributed by atoms with E-state index in [4.69, 9.17) is 0 Å². The maximum Gasteiger partial charge on any atom is 0.223 e. The fraction of sp³-hybridized carbons (Fsp3) is 0.917. The molecule has 0 aromatic carbocycles. The van der Waals surface area contributed by atoms with Gasteiger partial charge in [0.05, 0.1) is 0 Å².